The fourth-order valence-corrected chi connectivity index (χ4v) is 4.71. The van der Waals surface area contributed by atoms with Crippen LogP contribution in [0, 0.1) is 5.92 Å². The minimum Gasteiger partial charge on any atom is -0.322 e. The monoisotopic (exact) mass is 389 g/mol. The molecule has 1 atom stereocenters. The Morgan fingerprint density at radius 2 is 1.83 bits per heavy atom. The highest BCUT2D eigenvalue weighted by molar-refractivity contribution is 5.81. The summed E-state index contributed by atoms with van der Waals surface area (Å²) in [6.45, 7) is 1.88. The molecule has 1 aliphatic carbocycles. The van der Waals surface area contributed by atoms with E-state index in [1.165, 1.54) is 38.5 Å². The fourth-order valence-electron chi connectivity index (χ4n) is 4.71. The molecule has 3 aromatic rings. The molecular formula is C25H31N3O. The van der Waals surface area contributed by atoms with Crippen LogP contribution in [0.2, 0.25) is 0 Å². The number of fused-ring (bicyclic) bond motifs is 1. The number of nitrogens with two attached hydrogens (primary N) is 1. The Bertz CT molecular complexity index is 1020. The van der Waals surface area contributed by atoms with E-state index in [-0.39, 0.29) is 11.6 Å². The summed E-state index contributed by atoms with van der Waals surface area (Å²) in [5.41, 5.74) is 8.86. The van der Waals surface area contributed by atoms with Crippen LogP contribution in [-0.2, 0) is 6.42 Å². The van der Waals surface area contributed by atoms with Gasteiger partial charge in [-0.15, -0.1) is 0 Å². The predicted molar refractivity (Wildman–Crippen MR) is 119 cm³/mol. The predicted octanol–water partition coefficient (Wildman–Crippen LogP) is 5.31. The van der Waals surface area contributed by atoms with Crippen molar-refractivity contribution < 1.29 is 0 Å². The van der Waals surface area contributed by atoms with Gasteiger partial charge in [-0.3, -0.25) is 9.36 Å². The van der Waals surface area contributed by atoms with Gasteiger partial charge >= 0.3 is 0 Å². The first-order chi connectivity index (χ1) is 14.1. The van der Waals surface area contributed by atoms with Gasteiger partial charge in [0.2, 0.25) is 0 Å². The van der Waals surface area contributed by atoms with Gasteiger partial charge < -0.3 is 5.73 Å². The highest BCUT2D eigenvalue weighted by Gasteiger charge is 2.18. The van der Waals surface area contributed by atoms with Crippen molar-refractivity contribution in [3.05, 3.63) is 70.3 Å². The molecule has 1 saturated carbocycles. The van der Waals surface area contributed by atoms with Crippen molar-refractivity contribution in [1.82, 2.24) is 9.55 Å². The van der Waals surface area contributed by atoms with Crippen molar-refractivity contribution in [2.75, 3.05) is 0 Å². The SMILES string of the molecule is CC(N)c1nc2cccc(CCCC3CCCCC3)c2c(=O)n1-c1ccccc1. The average molecular weight is 390 g/mol. The van der Waals surface area contributed by atoms with E-state index < -0.39 is 0 Å². The summed E-state index contributed by atoms with van der Waals surface area (Å²) in [7, 11) is 0. The lowest BCUT2D eigenvalue weighted by atomic mass is 9.85. The lowest BCUT2D eigenvalue weighted by Gasteiger charge is -2.21. The highest BCUT2D eigenvalue weighted by Crippen LogP contribution is 2.28. The van der Waals surface area contributed by atoms with Crippen molar-refractivity contribution in [2.24, 2.45) is 11.7 Å². The van der Waals surface area contributed by atoms with Crippen LogP contribution in [0.15, 0.2) is 53.3 Å². The molecule has 1 fully saturated rings. The number of nitrogens with zero attached hydrogens (tertiary/aromatic N) is 2. The zero-order valence-corrected chi connectivity index (χ0v) is 17.3. The standard InChI is InChI=1S/C25H31N3O/c1-18(26)24-27-22-17-9-14-20(13-8-12-19-10-4-2-5-11-19)23(22)25(29)28(24)21-15-6-3-7-16-21/h3,6-7,9,14-19H,2,4-5,8,10-13,26H2,1H3. The minimum absolute atomic E-state index is 0.0123. The molecule has 4 rings (SSSR count). The van der Waals surface area contributed by atoms with Crippen molar-refractivity contribution in [1.29, 1.82) is 0 Å². The molecule has 2 N–H and O–H groups in total. The summed E-state index contributed by atoms with van der Waals surface area (Å²) in [5.74, 6) is 1.47. The number of aromatic nitrogens is 2. The topological polar surface area (TPSA) is 60.9 Å². The van der Waals surface area contributed by atoms with Crippen molar-refractivity contribution in [3.63, 3.8) is 0 Å². The Kier molecular flexibility index (Phi) is 6.10. The maximum absolute atomic E-state index is 13.6. The van der Waals surface area contributed by atoms with Gasteiger partial charge in [-0.2, -0.15) is 0 Å². The summed E-state index contributed by atoms with van der Waals surface area (Å²) in [6, 6.07) is 15.4. The molecule has 4 heteroatoms. The number of benzene rings is 2. The molecule has 1 heterocycles. The molecule has 0 bridgehead atoms. The molecule has 4 nitrogen and oxygen atoms in total. The molecule has 1 aliphatic rings. The van der Waals surface area contributed by atoms with Crippen LogP contribution in [0.5, 0.6) is 0 Å². The van der Waals surface area contributed by atoms with Crippen LogP contribution in [0.1, 0.15) is 69.3 Å². The van der Waals surface area contributed by atoms with Gasteiger partial charge in [0.1, 0.15) is 5.82 Å². The second-order valence-corrected chi connectivity index (χ2v) is 8.44. The molecular weight excluding hydrogens is 358 g/mol. The van der Waals surface area contributed by atoms with E-state index in [0.29, 0.717) is 5.82 Å². The fraction of sp³-hybridized carbons (Fsp3) is 0.440. The van der Waals surface area contributed by atoms with Crippen LogP contribution >= 0.6 is 0 Å². The number of aryl methyl sites for hydroxylation is 1. The molecule has 0 radical (unpaired) electrons. The third kappa shape index (κ3) is 4.27. The summed E-state index contributed by atoms with van der Waals surface area (Å²) in [5, 5.41) is 0.740. The molecule has 2 aromatic carbocycles. The van der Waals surface area contributed by atoms with E-state index in [1.807, 2.05) is 49.4 Å². The zero-order valence-electron chi connectivity index (χ0n) is 17.3. The van der Waals surface area contributed by atoms with Crippen LogP contribution < -0.4 is 11.3 Å². The smallest absolute Gasteiger partial charge is 0.266 e. The minimum atomic E-state index is -0.331. The Morgan fingerprint density at radius 1 is 1.07 bits per heavy atom. The third-order valence-corrected chi connectivity index (χ3v) is 6.21. The van der Waals surface area contributed by atoms with E-state index in [9.17, 15) is 4.79 Å². The normalized spacial score (nSPS) is 16.2. The molecule has 152 valence electrons. The van der Waals surface area contributed by atoms with Crippen LogP contribution in [-0.4, -0.2) is 9.55 Å². The molecule has 0 amide bonds. The molecule has 0 aliphatic heterocycles. The van der Waals surface area contributed by atoms with Crippen molar-refractivity contribution in [3.8, 4) is 5.69 Å². The molecule has 0 spiro atoms. The summed E-state index contributed by atoms with van der Waals surface area (Å²) in [4.78, 5) is 18.4. The quantitative estimate of drug-likeness (QED) is 0.621. The van der Waals surface area contributed by atoms with Crippen LogP contribution in [0.25, 0.3) is 16.6 Å². The Balaban J connectivity index is 1.72. The maximum Gasteiger partial charge on any atom is 0.266 e. The zero-order chi connectivity index (χ0) is 20.2. The number of hydrogen-bond acceptors (Lipinski definition) is 3. The molecule has 0 saturated heterocycles. The van der Waals surface area contributed by atoms with Gasteiger partial charge in [-0.05, 0) is 49.4 Å². The first-order valence-electron chi connectivity index (χ1n) is 11.0. The van der Waals surface area contributed by atoms with Gasteiger partial charge in [0, 0.05) is 0 Å². The van der Waals surface area contributed by atoms with Crippen LogP contribution in [0.3, 0.4) is 0 Å². The third-order valence-electron chi connectivity index (χ3n) is 6.21. The Morgan fingerprint density at radius 3 is 2.55 bits per heavy atom. The lowest BCUT2D eigenvalue weighted by molar-refractivity contribution is 0.332. The van der Waals surface area contributed by atoms with Gasteiger partial charge in [-0.25, -0.2) is 4.98 Å². The second-order valence-electron chi connectivity index (χ2n) is 8.44. The number of hydrogen-bond donors (Lipinski definition) is 1. The highest BCUT2D eigenvalue weighted by atomic mass is 16.1. The summed E-state index contributed by atoms with van der Waals surface area (Å²) in [6.07, 6.45) is 10.2. The summed E-state index contributed by atoms with van der Waals surface area (Å²) >= 11 is 0. The average Bonchev–Trinajstić information content (AvgIpc) is 2.75. The van der Waals surface area contributed by atoms with E-state index in [0.717, 1.165) is 40.9 Å². The van der Waals surface area contributed by atoms with Gasteiger partial charge in [0.05, 0.1) is 22.6 Å². The van der Waals surface area contributed by atoms with E-state index >= 15 is 0 Å². The second kappa shape index (κ2) is 8.91. The maximum atomic E-state index is 13.6. The van der Waals surface area contributed by atoms with E-state index in [4.69, 9.17) is 10.7 Å². The molecule has 1 unspecified atom stereocenters. The van der Waals surface area contributed by atoms with Gasteiger partial charge in [0.15, 0.2) is 0 Å². The molecule has 1 aromatic heterocycles. The molecule has 29 heavy (non-hydrogen) atoms. The van der Waals surface area contributed by atoms with Gasteiger partial charge in [0.25, 0.3) is 5.56 Å². The first-order valence-corrected chi connectivity index (χ1v) is 11.0. The number of para-hydroxylation sites is 1. The van der Waals surface area contributed by atoms with Crippen LogP contribution in [0.4, 0.5) is 0 Å². The lowest BCUT2D eigenvalue weighted by Crippen LogP contribution is -2.28. The number of rotatable bonds is 6. The largest absolute Gasteiger partial charge is 0.322 e. The van der Waals surface area contributed by atoms with Crippen molar-refractivity contribution >= 4 is 10.9 Å². The van der Waals surface area contributed by atoms with E-state index in [2.05, 4.69) is 6.07 Å². The first kappa shape index (κ1) is 19.8. The van der Waals surface area contributed by atoms with Gasteiger partial charge in [-0.1, -0.05) is 68.9 Å². The summed E-state index contributed by atoms with van der Waals surface area (Å²) < 4.78 is 1.69. The Hall–Kier alpha value is -2.46. The Labute approximate surface area is 172 Å². The van der Waals surface area contributed by atoms with E-state index in [1.54, 1.807) is 4.57 Å². The van der Waals surface area contributed by atoms with Crippen molar-refractivity contribution in [2.45, 2.75) is 64.3 Å².